The quantitative estimate of drug-likeness (QED) is 0.717. The molecule has 0 aliphatic carbocycles. The zero-order chi connectivity index (χ0) is 15.8. The summed E-state index contributed by atoms with van der Waals surface area (Å²) in [6.07, 6.45) is 0.960. The van der Waals surface area contributed by atoms with E-state index in [9.17, 15) is 9.59 Å². The Bertz CT molecular complexity index is 496. The number of halogens is 1. The van der Waals surface area contributed by atoms with E-state index in [0.717, 1.165) is 4.90 Å². The number of benzene rings is 1. The third kappa shape index (κ3) is 5.98. The number of carbonyl (C=O) groups is 2. The summed E-state index contributed by atoms with van der Waals surface area (Å²) in [4.78, 5) is 23.9. The monoisotopic (exact) mass is 329 g/mol. The predicted molar refractivity (Wildman–Crippen MR) is 85.8 cm³/mol. The summed E-state index contributed by atoms with van der Waals surface area (Å²) in [5, 5.41) is 12.4. The van der Waals surface area contributed by atoms with Crippen LogP contribution < -0.4 is 5.32 Å². The summed E-state index contributed by atoms with van der Waals surface area (Å²) < 4.78 is 0. The van der Waals surface area contributed by atoms with Crippen LogP contribution in [0.5, 0.6) is 0 Å². The lowest BCUT2D eigenvalue weighted by Crippen LogP contribution is -2.45. The Morgan fingerprint density at radius 2 is 2.05 bits per heavy atom. The fraction of sp³-hybridized carbons (Fsp3) is 0.467. The molecule has 4 nitrogen and oxygen atoms in total. The molecule has 0 saturated carbocycles. The Balaban J connectivity index is 2.43. The number of hydrogen-bond donors (Lipinski definition) is 2. The Morgan fingerprint density at radius 3 is 2.62 bits per heavy atom. The number of thioether (sulfide) groups is 1. The molecule has 0 aliphatic rings. The first-order valence-electron chi connectivity index (χ1n) is 6.85. The molecule has 0 radical (unpaired) electrons. The number of nitrogens with one attached hydrogen (secondary N) is 1. The van der Waals surface area contributed by atoms with Crippen LogP contribution in [0.2, 0.25) is 5.02 Å². The van der Waals surface area contributed by atoms with Gasteiger partial charge in [-0.25, -0.2) is 4.79 Å². The van der Waals surface area contributed by atoms with Crippen LogP contribution >= 0.6 is 23.4 Å². The predicted octanol–water partition coefficient (Wildman–Crippen LogP) is 3.44. The molecule has 0 unspecified atom stereocenters. The van der Waals surface area contributed by atoms with Crippen molar-refractivity contribution in [3.63, 3.8) is 0 Å². The average Bonchev–Trinajstić information content (AvgIpc) is 2.45. The lowest BCUT2D eigenvalue weighted by Gasteiger charge is -2.20. The number of rotatable bonds is 8. The van der Waals surface area contributed by atoms with Crippen LogP contribution in [0.4, 0.5) is 0 Å². The molecule has 0 aliphatic heterocycles. The number of carboxylic acids is 1. The molecule has 2 N–H and O–H groups in total. The van der Waals surface area contributed by atoms with Gasteiger partial charge in [0.25, 0.3) is 0 Å². The van der Waals surface area contributed by atoms with E-state index >= 15 is 0 Å². The van der Waals surface area contributed by atoms with Crippen molar-refractivity contribution in [1.82, 2.24) is 5.32 Å². The Hall–Kier alpha value is -1.20. The SMILES string of the molecule is CC[C@H](C)[C@H](NC(=O)CCSc1ccccc1Cl)C(=O)O. The number of carbonyl (C=O) groups excluding carboxylic acids is 1. The summed E-state index contributed by atoms with van der Waals surface area (Å²) in [5.74, 6) is -0.774. The highest BCUT2D eigenvalue weighted by Gasteiger charge is 2.24. The van der Waals surface area contributed by atoms with E-state index in [4.69, 9.17) is 16.7 Å². The van der Waals surface area contributed by atoms with Gasteiger partial charge in [0.05, 0.1) is 5.02 Å². The van der Waals surface area contributed by atoms with Crippen LogP contribution in [0.25, 0.3) is 0 Å². The maximum atomic E-state index is 11.8. The molecule has 0 aromatic heterocycles. The molecule has 1 amide bonds. The van der Waals surface area contributed by atoms with Gasteiger partial charge in [-0.1, -0.05) is 44.0 Å². The van der Waals surface area contributed by atoms with Crippen LogP contribution in [0.1, 0.15) is 26.7 Å². The third-order valence-electron chi connectivity index (χ3n) is 3.22. The first kappa shape index (κ1) is 17.9. The summed E-state index contributed by atoms with van der Waals surface area (Å²) in [6, 6.07) is 6.60. The zero-order valence-corrected chi connectivity index (χ0v) is 13.7. The maximum absolute atomic E-state index is 11.8. The number of hydrogen-bond acceptors (Lipinski definition) is 3. The van der Waals surface area contributed by atoms with Gasteiger partial charge in [-0.15, -0.1) is 11.8 Å². The van der Waals surface area contributed by atoms with Crippen LogP contribution in [-0.2, 0) is 9.59 Å². The number of amides is 1. The van der Waals surface area contributed by atoms with E-state index in [1.807, 2.05) is 32.0 Å². The third-order valence-corrected chi connectivity index (χ3v) is 4.74. The van der Waals surface area contributed by atoms with E-state index in [2.05, 4.69) is 5.32 Å². The van der Waals surface area contributed by atoms with E-state index in [0.29, 0.717) is 17.2 Å². The van der Waals surface area contributed by atoms with Crippen molar-refractivity contribution in [1.29, 1.82) is 0 Å². The van der Waals surface area contributed by atoms with Gasteiger partial charge >= 0.3 is 5.97 Å². The molecule has 1 aromatic carbocycles. The lowest BCUT2D eigenvalue weighted by atomic mass is 9.99. The van der Waals surface area contributed by atoms with Gasteiger partial charge < -0.3 is 10.4 Å². The Kier molecular flexibility index (Phi) is 7.61. The van der Waals surface area contributed by atoms with Gasteiger partial charge in [-0.2, -0.15) is 0 Å². The minimum atomic E-state index is -0.989. The molecular formula is C15H20ClNO3S. The molecule has 0 spiro atoms. The molecular weight excluding hydrogens is 310 g/mol. The van der Waals surface area contributed by atoms with E-state index in [-0.39, 0.29) is 18.2 Å². The minimum absolute atomic E-state index is 0.0947. The van der Waals surface area contributed by atoms with Gasteiger partial charge in [0.1, 0.15) is 6.04 Å². The van der Waals surface area contributed by atoms with Crippen molar-refractivity contribution < 1.29 is 14.7 Å². The van der Waals surface area contributed by atoms with Crippen LogP contribution in [0.3, 0.4) is 0 Å². The van der Waals surface area contributed by atoms with Crippen molar-refractivity contribution in [2.24, 2.45) is 5.92 Å². The molecule has 1 aromatic rings. The molecule has 6 heteroatoms. The average molecular weight is 330 g/mol. The highest BCUT2D eigenvalue weighted by molar-refractivity contribution is 7.99. The zero-order valence-electron chi connectivity index (χ0n) is 12.1. The molecule has 21 heavy (non-hydrogen) atoms. The molecule has 0 bridgehead atoms. The number of carboxylic acid groups (broad SMARTS) is 1. The highest BCUT2D eigenvalue weighted by Crippen LogP contribution is 2.26. The molecule has 0 saturated heterocycles. The summed E-state index contributed by atoms with van der Waals surface area (Å²) in [5.41, 5.74) is 0. The van der Waals surface area contributed by atoms with Crippen LogP contribution in [0.15, 0.2) is 29.2 Å². The second kappa shape index (κ2) is 8.95. The van der Waals surface area contributed by atoms with Crippen LogP contribution in [-0.4, -0.2) is 28.8 Å². The fourth-order valence-electron chi connectivity index (χ4n) is 1.74. The normalized spacial score (nSPS) is 13.5. The van der Waals surface area contributed by atoms with Gasteiger partial charge in [-0.3, -0.25) is 4.79 Å². The molecule has 2 atom stereocenters. The number of aliphatic carboxylic acids is 1. The van der Waals surface area contributed by atoms with Gasteiger partial charge in [0, 0.05) is 17.1 Å². The molecule has 0 fully saturated rings. The molecule has 116 valence electrons. The molecule has 1 rings (SSSR count). The second-order valence-electron chi connectivity index (χ2n) is 4.80. The Labute approximate surface area is 134 Å². The largest absolute Gasteiger partial charge is 0.480 e. The van der Waals surface area contributed by atoms with E-state index < -0.39 is 12.0 Å². The fourth-order valence-corrected chi connectivity index (χ4v) is 2.93. The highest BCUT2D eigenvalue weighted by atomic mass is 35.5. The van der Waals surface area contributed by atoms with Crippen molar-refractivity contribution in [3.8, 4) is 0 Å². The Morgan fingerprint density at radius 1 is 1.38 bits per heavy atom. The van der Waals surface area contributed by atoms with Crippen molar-refractivity contribution in [2.75, 3.05) is 5.75 Å². The standard InChI is InChI=1S/C15H20ClNO3S/c1-3-10(2)14(15(19)20)17-13(18)8-9-21-12-7-5-4-6-11(12)16/h4-7,10,14H,3,8-9H2,1-2H3,(H,17,18)(H,19,20)/t10-,14-/m0/s1. The smallest absolute Gasteiger partial charge is 0.326 e. The topological polar surface area (TPSA) is 66.4 Å². The van der Waals surface area contributed by atoms with Crippen molar-refractivity contribution in [2.45, 2.75) is 37.6 Å². The first-order chi connectivity index (χ1) is 9.95. The minimum Gasteiger partial charge on any atom is -0.480 e. The van der Waals surface area contributed by atoms with Crippen molar-refractivity contribution in [3.05, 3.63) is 29.3 Å². The maximum Gasteiger partial charge on any atom is 0.326 e. The van der Waals surface area contributed by atoms with Crippen LogP contribution in [0, 0.1) is 5.92 Å². The van der Waals surface area contributed by atoms with Gasteiger partial charge in [-0.05, 0) is 18.1 Å². The van der Waals surface area contributed by atoms with E-state index in [1.54, 1.807) is 6.07 Å². The summed E-state index contributed by atoms with van der Waals surface area (Å²) >= 11 is 7.51. The molecule has 0 heterocycles. The summed E-state index contributed by atoms with van der Waals surface area (Å²) in [7, 11) is 0. The van der Waals surface area contributed by atoms with Crippen molar-refractivity contribution >= 4 is 35.2 Å². The van der Waals surface area contributed by atoms with Gasteiger partial charge in [0.2, 0.25) is 5.91 Å². The van der Waals surface area contributed by atoms with E-state index in [1.165, 1.54) is 11.8 Å². The summed E-state index contributed by atoms with van der Waals surface area (Å²) in [6.45, 7) is 3.72. The first-order valence-corrected chi connectivity index (χ1v) is 8.21. The lowest BCUT2D eigenvalue weighted by molar-refractivity contribution is -0.143. The van der Waals surface area contributed by atoms with Gasteiger partial charge in [0.15, 0.2) is 0 Å². The second-order valence-corrected chi connectivity index (χ2v) is 6.34.